The number of H-pyrrole nitrogens is 1. The second-order valence-corrected chi connectivity index (χ2v) is 8.02. The van der Waals surface area contributed by atoms with E-state index in [0.717, 1.165) is 48.5 Å². The third kappa shape index (κ3) is 3.95. The van der Waals surface area contributed by atoms with Gasteiger partial charge in [0.15, 0.2) is 0 Å². The lowest BCUT2D eigenvalue weighted by molar-refractivity contribution is 0.201. The molecular formula is C25H26N4. The molecule has 0 spiro atoms. The molecule has 1 saturated heterocycles. The van der Waals surface area contributed by atoms with Gasteiger partial charge in [-0.1, -0.05) is 54.6 Å². The molecule has 1 aliphatic heterocycles. The molecule has 1 fully saturated rings. The van der Waals surface area contributed by atoms with Crippen LogP contribution in [-0.2, 0) is 6.54 Å². The molecule has 0 bridgehead atoms. The second-order valence-electron chi connectivity index (χ2n) is 8.02. The Hall–Kier alpha value is -2.95. The van der Waals surface area contributed by atoms with E-state index < -0.39 is 0 Å². The number of aromatic amines is 1. The van der Waals surface area contributed by atoms with Crippen LogP contribution in [0.1, 0.15) is 18.4 Å². The van der Waals surface area contributed by atoms with Crippen LogP contribution in [0, 0.1) is 0 Å². The second kappa shape index (κ2) is 7.82. The predicted octanol–water partition coefficient (Wildman–Crippen LogP) is 4.82. The van der Waals surface area contributed by atoms with E-state index in [2.05, 4.69) is 64.5 Å². The molecule has 4 aromatic rings. The third-order valence-corrected chi connectivity index (χ3v) is 5.76. The summed E-state index contributed by atoms with van der Waals surface area (Å²) < 4.78 is 0. The quantitative estimate of drug-likeness (QED) is 0.532. The Morgan fingerprint density at radius 3 is 2.59 bits per heavy atom. The number of imidazole rings is 1. The lowest BCUT2D eigenvalue weighted by Crippen LogP contribution is -2.42. The lowest BCUT2D eigenvalue weighted by Gasteiger charge is -2.30. The first-order valence-corrected chi connectivity index (χ1v) is 10.4. The van der Waals surface area contributed by atoms with Crippen LogP contribution in [0.25, 0.3) is 33.5 Å². The van der Waals surface area contributed by atoms with Crippen molar-refractivity contribution in [2.24, 2.45) is 5.73 Å². The number of aromatic nitrogens is 2. The van der Waals surface area contributed by atoms with Crippen LogP contribution in [0.15, 0.2) is 72.8 Å². The standard InChI is InChI=1S/C25H26N4/c26-22-7-4-14-29(17-22)16-18-5-3-6-21(15-18)19-10-12-20(13-11-19)25-27-23-8-1-2-9-24(23)28-25/h1-3,5-6,8-13,15,22H,4,7,14,16-17,26H2,(H,27,28). The molecule has 146 valence electrons. The van der Waals surface area contributed by atoms with E-state index in [1.54, 1.807) is 0 Å². The number of hydrogen-bond donors (Lipinski definition) is 2. The van der Waals surface area contributed by atoms with Gasteiger partial charge in [-0.2, -0.15) is 0 Å². The highest BCUT2D eigenvalue weighted by molar-refractivity contribution is 5.79. The van der Waals surface area contributed by atoms with Gasteiger partial charge in [0, 0.05) is 24.7 Å². The highest BCUT2D eigenvalue weighted by Crippen LogP contribution is 2.26. The minimum atomic E-state index is 0.317. The highest BCUT2D eigenvalue weighted by Gasteiger charge is 2.16. The fraction of sp³-hybridized carbons (Fsp3) is 0.240. The molecular weight excluding hydrogens is 356 g/mol. The van der Waals surface area contributed by atoms with Crippen molar-refractivity contribution in [3.8, 4) is 22.5 Å². The fourth-order valence-electron chi connectivity index (χ4n) is 4.25. The zero-order chi connectivity index (χ0) is 19.6. The molecule has 3 N–H and O–H groups in total. The Balaban J connectivity index is 1.35. The normalized spacial score (nSPS) is 17.6. The van der Waals surface area contributed by atoms with E-state index in [4.69, 9.17) is 10.7 Å². The Kier molecular flexibility index (Phi) is 4.88. The largest absolute Gasteiger partial charge is 0.338 e. The van der Waals surface area contributed by atoms with E-state index in [-0.39, 0.29) is 0 Å². The van der Waals surface area contributed by atoms with Gasteiger partial charge < -0.3 is 10.7 Å². The Bertz CT molecular complexity index is 1080. The average molecular weight is 383 g/mol. The number of nitrogens with one attached hydrogen (secondary N) is 1. The molecule has 4 heteroatoms. The molecule has 0 saturated carbocycles. The van der Waals surface area contributed by atoms with E-state index >= 15 is 0 Å². The van der Waals surface area contributed by atoms with Crippen LogP contribution in [0.5, 0.6) is 0 Å². The van der Waals surface area contributed by atoms with Crippen molar-refractivity contribution in [1.29, 1.82) is 0 Å². The molecule has 1 aromatic heterocycles. The molecule has 5 rings (SSSR count). The molecule has 29 heavy (non-hydrogen) atoms. The zero-order valence-corrected chi connectivity index (χ0v) is 16.5. The molecule has 1 unspecified atom stereocenters. The maximum absolute atomic E-state index is 6.14. The van der Waals surface area contributed by atoms with Gasteiger partial charge in [-0.15, -0.1) is 0 Å². The maximum atomic E-state index is 6.14. The summed E-state index contributed by atoms with van der Waals surface area (Å²) in [5.74, 6) is 0.910. The minimum Gasteiger partial charge on any atom is -0.338 e. The number of nitrogens with two attached hydrogens (primary N) is 1. The van der Waals surface area contributed by atoms with E-state index in [9.17, 15) is 0 Å². The minimum absolute atomic E-state index is 0.317. The number of nitrogens with zero attached hydrogens (tertiary/aromatic N) is 2. The van der Waals surface area contributed by atoms with Crippen LogP contribution < -0.4 is 5.73 Å². The number of likely N-dealkylation sites (tertiary alicyclic amines) is 1. The first-order valence-electron chi connectivity index (χ1n) is 10.4. The monoisotopic (exact) mass is 382 g/mol. The Morgan fingerprint density at radius 1 is 0.931 bits per heavy atom. The molecule has 0 radical (unpaired) electrons. The lowest BCUT2D eigenvalue weighted by atomic mass is 10.0. The zero-order valence-electron chi connectivity index (χ0n) is 16.5. The average Bonchev–Trinajstić information content (AvgIpc) is 3.18. The van der Waals surface area contributed by atoms with E-state index in [0.29, 0.717) is 6.04 Å². The number of fused-ring (bicyclic) bond motifs is 1. The molecule has 2 heterocycles. The summed E-state index contributed by atoms with van der Waals surface area (Å²) in [6, 6.07) is 25.9. The predicted molar refractivity (Wildman–Crippen MR) is 119 cm³/mol. The van der Waals surface area contributed by atoms with Crippen molar-refractivity contribution in [3.05, 3.63) is 78.4 Å². The summed E-state index contributed by atoms with van der Waals surface area (Å²) in [5.41, 5.74) is 13.1. The molecule has 0 aliphatic carbocycles. The third-order valence-electron chi connectivity index (χ3n) is 5.76. The van der Waals surface area contributed by atoms with Gasteiger partial charge in [0.1, 0.15) is 5.82 Å². The van der Waals surface area contributed by atoms with Crippen LogP contribution in [0.2, 0.25) is 0 Å². The first-order chi connectivity index (χ1) is 14.2. The summed E-state index contributed by atoms with van der Waals surface area (Å²) in [5, 5.41) is 0. The fourth-order valence-corrected chi connectivity index (χ4v) is 4.25. The van der Waals surface area contributed by atoms with E-state index in [1.165, 1.54) is 23.1 Å². The molecule has 1 aliphatic rings. The summed E-state index contributed by atoms with van der Waals surface area (Å²) in [6.45, 7) is 3.11. The van der Waals surface area contributed by atoms with Crippen molar-refractivity contribution < 1.29 is 0 Å². The smallest absolute Gasteiger partial charge is 0.138 e. The number of hydrogen-bond acceptors (Lipinski definition) is 3. The van der Waals surface area contributed by atoms with Crippen LogP contribution >= 0.6 is 0 Å². The van der Waals surface area contributed by atoms with Crippen molar-refractivity contribution in [2.75, 3.05) is 13.1 Å². The van der Waals surface area contributed by atoms with Crippen LogP contribution in [0.4, 0.5) is 0 Å². The van der Waals surface area contributed by atoms with Crippen LogP contribution in [0.3, 0.4) is 0 Å². The summed E-state index contributed by atoms with van der Waals surface area (Å²) in [7, 11) is 0. The van der Waals surface area contributed by atoms with Crippen LogP contribution in [-0.4, -0.2) is 34.0 Å². The van der Waals surface area contributed by atoms with Gasteiger partial charge in [0.2, 0.25) is 0 Å². The number of benzene rings is 3. The number of rotatable bonds is 4. The molecule has 4 nitrogen and oxygen atoms in total. The molecule has 0 amide bonds. The molecule has 1 atom stereocenters. The number of para-hydroxylation sites is 2. The number of piperidine rings is 1. The Labute approximate surface area is 171 Å². The van der Waals surface area contributed by atoms with E-state index in [1.807, 2.05) is 18.2 Å². The summed E-state index contributed by atoms with van der Waals surface area (Å²) in [6.07, 6.45) is 2.35. The Morgan fingerprint density at radius 2 is 1.76 bits per heavy atom. The SMILES string of the molecule is NC1CCCN(Cc2cccc(-c3ccc(-c4nc5ccccc5[nH]4)cc3)c2)C1. The van der Waals surface area contributed by atoms with Gasteiger partial charge in [-0.25, -0.2) is 4.98 Å². The van der Waals surface area contributed by atoms with Gasteiger partial charge >= 0.3 is 0 Å². The first kappa shape index (κ1) is 18.1. The van der Waals surface area contributed by atoms with Crippen molar-refractivity contribution in [1.82, 2.24) is 14.9 Å². The van der Waals surface area contributed by atoms with Crippen molar-refractivity contribution >= 4 is 11.0 Å². The van der Waals surface area contributed by atoms with Gasteiger partial charge in [0.05, 0.1) is 11.0 Å². The summed E-state index contributed by atoms with van der Waals surface area (Å²) >= 11 is 0. The van der Waals surface area contributed by atoms with Gasteiger partial charge in [0.25, 0.3) is 0 Å². The van der Waals surface area contributed by atoms with Crippen molar-refractivity contribution in [2.45, 2.75) is 25.4 Å². The summed E-state index contributed by atoms with van der Waals surface area (Å²) in [4.78, 5) is 10.6. The topological polar surface area (TPSA) is 57.9 Å². The highest BCUT2D eigenvalue weighted by atomic mass is 15.1. The van der Waals surface area contributed by atoms with Gasteiger partial charge in [-0.3, -0.25) is 4.90 Å². The molecule has 3 aromatic carbocycles. The van der Waals surface area contributed by atoms with Crippen molar-refractivity contribution in [3.63, 3.8) is 0 Å². The van der Waals surface area contributed by atoms with Gasteiger partial charge in [-0.05, 0) is 54.3 Å². The maximum Gasteiger partial charge on any atom is 0.138 e.